The molecule has 4 aromatic rings. The number of hydrogen-bond acceptors (Lipinski definition) is 9. The number of carbonyl (C=O) groups is 3. The molecule has 0 unspecified atom stereocenters. The summed E-state index contributed by atoms with van der Waals surface area (Å²) in [6, 6.07) is 12.0. The Labute approximate surface area is 305 Å². The van der Waals surface area contributed by atoms with E-state index in [0.717, 1.165) is 46.1 Å². The lowest BCUT2D eigenvalue weighted by Crippen LogP contribution is -2.62. The highest BCUT2D eigenvalue weighted by molar-refractivity contribution is 7.15. The van der Waals surface area contributed by atoms with Crippen molar-refractivity contribution in [2.45, 2.75) is 46.1 Å². The fraction of sp³-hybridized carbons (Fsp3) is 0.368. The maximum absolute atomic E-state index is 13.9. The van der Waals surface area contributed by atoms with Gasteiger partial charge in [-0.2, -0.15) is 0 Å². The fourth-order valence-electron chi connectivity index (χ4n) is 7.26. The molecule has 0 bridgehead atoms. The normalized spacial score (nSPS) is 17.4. The number of nitrogens with zero attached hydrogens (tertiary/aromatic N) is 6. The van der Waals surface area contributed by atoms with Crippen molar-refractivity contribution in [1.29, 1.82) is 0 Å². The number of nitrogens with two attached hydrogens (primary N) is 1. The number of likely N-dealkylation sites (tertiary alicyclic amines) is 2. The van der Waals surface area contributed by atoms with Crippen LogP contribution in [0.1, 0.15) is 84.8 Å². The monoisotopic (exact) mass is 723 g/mol. The predicted molar refractivity (Wildman–Crippen MR) is 196 cm³/mol. The van der Waals surface area contributed by atoms with Crippen molar-refractivity contribution in [3.63, 3.8) is 0 Å². The fourth-order valence-corrected chi connectivity index (χ4v) is 8.60. The minimum atomic E-state index is -0.523. The number of esters is 1. The number of thiophene rings is 1. The van der Waals surface area contributed by atoms with E-state index in [9.17, 15) is 14.4 Å². The zero-order chi connectivity index (χ0) is 36.0. The van der Waals surface area contributed by atoms with E-state index in [0.29, 0.717) is 53.7 Å². The molecule has 3 aliphatic heterocycles. The van der Waals surface area contributed by atoms with Gasteiger partial charge in [-0.15, -0.1) is 21.5 Å². The van der Waals surface area contributed by atoms with E-state index in [2.05, 4.69) is 40.5 Å². The molecule has 2 amide bonds. The third-order valence-electron chi connectivity index (χ3n) is 10.2. The lowest BCUT2D eigenvalue weighted by molar-refractivity contribution is -0.146. The first-order valence-corrected chi connectivity index (χ1v) is 18.1. The molecule has 2 saturated heterocycles. The summed E-state index contributed by atoms with van der Waals surface area (Å²) in [6.45, 7) is 8.69. The number of aliphatic imine (C=N–C) groups is 1. The van der Waals surface area contributed by atoms with Gasteiger partial charge in [-0.05, 0) is 69.5 Å². The number of amides is 2. The van der Waals surface area contributed by atoms with Gasteiger partial charge in [-0.1, -0.05) is 35.6 Å². The molecule has 0 saturated carbocycles. The number of fused-ring (bicyclic) bond motifs is 3. The molecule has 51 heavy (non-hydrogen) atoms. The Morgan fingerprint density at radius 2 is 1.76 bits per heavy atom. The van der Waals surface area contributed by atoms with Gasteiger partial charge in [0.15, 0.2) is 5.82 Å². The molecular formula is C38H38ClN7O4S. The quantitative estimate of drug-likeness (QED) is 0.225. The second-order valence-corrected chi connectivity index (χ2v) is 15.0. The average Bonchev–Trinajstić information content (AvgIpc) is 3.60. The Morgan fingerprint density at radius 1 is 1.04 bits per heavy atom. The summed E-state index contributed by atoms with van der Waals surface area (Å²) >= 11 is 7.93. The molecule has 2 fully saturated rings. The van der Waals surface area contributed by atoms with Crippen LogP contribution in [0.2, 0.25) is 5.02 Å². The Morgan fingerprint density at radius 3 is 2.45 bits per heavy atom. The number of carbonyl (C=O) groups excluding carboxylic acids is 3. The molecule has 11 nitrogen and oxygen atoms in total. The van der Waals surface area contributed by atoms with E-state index in [1.807, 2.05) is 41.0 Å². The summed E-state index contributed by atoms with van der Waals surface area (Å²) in [7, 11) is 1.30. The SMILES string of the molecule is COC(=O)c1ccc(C(=O)N2CCC3(CC2)CN(C(=O)C[C@@H]2N=C(c4ccc(Cl)cc4)c4c(sc(C)c4C)-n4c(C)nnc42)C3)cc1C#CCN. The highest BCUT2D eigenvalue weighted by Crippen LogP contribution is 2.43. The van der Waals surface area contributed by atoms with Crippen molar-refractivity contribution in [3.8, 4) is 16.8 Å². The van der Waals surface area contributed by atoms with Crippen LogP contribution in [0, 0.1) is 38.0 Å². The Bertz CT molecular complexity index is 2140. The summed E-state index contributed by atoms with van der Waals surface area (Å²) in [4.78, 5) is 49.8. The molecule has 2 aromatic heterocycles. The highest BCUT2D eigenvalue weighted by Gasteiger charge is 2.48. The molecule has 13 heteroatoms. The van der Waals surface area contributed by atoms with Crippen LogP contribution in [0.15, 0.2) is 47.5 Å². The van der Waals surface area contributed by atoms with Crippen LogP contribution in [-0.4, -0.2) is 87.9 Å². The summed E-state index contributed by atoms with van der Waals surface area (Å²) in [5.74, 6) is 6.43. The predicted octanol–water partition coefficient (Wildman–Crippen LogP) is 5.05. The number of ether oxygens (including phenoxy) is 1. The first kappa shape index (κ1) is 34.6. The van der Waals surface area contributed by atoms with Crippen LogP contribution in [0.3, 0.4) is 0 Å². The first-order chi connectivity index (χ1) is 24.5. The van der Waals surface area contributed by atoms with Gasteiger partial charge in [0.25, 0.3) is 5.91 Å². The van der Waals surface area contributed by atoms with Crippen LogP contribution < -0.4 is 5.73 Å². The first-order valence-electron chi connectivity index (χ1n) is 16.9. The van der Waals surface area contributed by atoms with Gasteiger partial charge >= 0.3 is 5.97 Å². The molecule has 5 heterocycles. The van der Waals surface area contributed by atoms with E-state index in [4.69, 9.17) is 27.1 Å². The Kier molecular flexibility index (Phi) is 9.31. The van der Waals surface area contributed by atoms with E-state index in [1.54, 1.807) is 29.5 Å². The van der Waals surface area contributed by atoms with Crippen LogP contribution in [0.4, 0.5) is 0 Å². The molecule has 0 radical (unpaired) electrons. The second kappa shape index (κ2) is 13.7. The average molecular weight is 724 g/mol. The van der Waals surface area contributed by atoms with Crippen molar-refractivity contribution < 1.29 is 19.1 Å². The van der Waals surface area contributed by atoms with E-state index < -0.39 is 12.0 Å². The maximum Gasteiger partial charge on any atom is 0.339 e. The molecule has 1 spiro atoms. The lowest BCUT2D eigenvalue weighted by Gasteiger charge is -2.54. The molecule has 1 atom stereocenters. The molecule has 2 aromatic carbocycles. The largest absolute Gasteiger partial charge is 0.465 e. The summed E-state index contributed by atoms with van der Waals surface area (Å²) in [5, 5.41) is 10.6. The van der Waals surface area contributed by atoms with Gasteiger partial charge in [-0.3, -0.25) is 19.1 Å². The standard InChI is InChI=1S/C38H38ClN7O4S/c1-22-23(2)51-36-32(22)33(25-7-10-28(39)11-8-25)41-30(34-43-42-24(3)46(34)36)19-31(47)45-20-38(21-45)13-16-44(17-14-38)35(48)27-9-12-29(37(49)50-4)26(18-27)6-5-15-40/h7-12,18,30H,13-17,19-21,40H2,1-4H3/t30-/m0/s1. The van der Waals surface area contributed by atoms with Crippen molar-refractivity contribution in [2.24, 2.45) is 16.1 Å². The second-order valence-electron chi connectivity index (χ2n) is 13.4. The van der Waals surface area contributed by atoms with Crippen molar-refractivity contribution >= 4 is 46.4 Å². The highest BCUT2D eigenvalue weighted by atomic mass is 35.5. The number of methoxy groups -OCH3 is 1. The van der Waals surface area contributed by atoms with Crippen LogP contribution in [-0.2, 0) is 9.53 Å². The minimum Gasteiger partial charge on any atom is -0.465 e. The van der Waals surface area contributed by atoms with Gasteiger partial charge in [0.05, 0.1) is 31.4 Å². The summed E-state index contributed by atoms with van der Waals surface area (Å²) in [6.07, 6.45) is 1.74. The lowest BCUT2D eigenvalue weighted by atomic mass is 9.71. The number of aryl methyl sites for hydroxylation is 2. The number of halogens is 1. The smallest absolute Gasteiger partial charge is 0.339 e. The minimum absolute atomic E-state index is 0.0190. The van der Waals surface area contributed by atoms with Gasteiger partial charge < -0.3 is 20.3 Å². The Balaban J connectivity index is 1.05. The van der Waals surface area contributed by atoms with E-state index in [1.165, 1.54) is 12.0 Å². The van der Waals surface area contributed by atoms with Gasteiger partial charge in [-0.25, -0.2) is 4.79 Å². The van der Waals surface area contributed by atoms with E-state index >= 15 is 0 Å². The van der Waals surface area contributed by atoms with Crippen molar-refractivity contribution in [1.82, 2.24) is 24.6 Å². The van der Waals surface area contributed by atoms with Crippen LogP contribution in [0.5, 0.6) is 0 Å². The number of aromatic nitrogens is 3. The molecule has 262 valence electrons. The zero-order valence-electron chi connectivity index (χ0n) is 29.0. The molecule has 0 aliphatic carbocycles. The molecule has 2 N–H and O–H groups in total. The Hall–Kier alpha value is -4.83. The van der Waals surface area contributed by atoms with E-state index in [-0.39, 0.29) is 30.2 Å². The van der Waals surface area contributed by atoms with Gasteiger partial charge in [0.1, 0.15) is 16.9 Å². The third kappa shape index (κ3) is 6.35. The number of hydrogen-bond donors (Lipinski definition) is 1. The maximum atomic E-state index is 13.9. The zero-order valence-corrected chi connectivity index (χ0v) is 30.5. The van der Waals surface area contributed by atoms with Crippen molar-refractivity contribution in [3.05, 3.63) is 97.4 Å². The van der Waals surface area contributed by atoms with Crippen molar-refractivity contribution in [2.75, 3.05) is 39.8 Å². The number of rotatable bonds is 5. The topological polar surface area (TPSA) is 136 Å². The molecule has 7 rings (SSSR count). The molecule has 3 aliphatic rings. The van der Waals surface area contributed by atoms with Crippen LogP contribution in [0.25, 0.3) is 5.00 Å². The summed E-state index contributed by atoms with van der Waals surface area (Å²) < 4.78 is 6.93. The number of piperidine rings is 1. The molecular weight excluding hydrogens is 686 g/mol. The summed E-state index contributed by atoms with van der Waals surface area (Å²) in [5.41, 5.74) is 10.6. The van der Waals surface area contributed by atoms with Gasteiger partial charge in [0.2, 0.25) is 5.91 Å². The third-order valence-corrected chi connectivity index (χ3v) is 11.7. The van der Waals surface area contributed by atoms with Gasteiger partial charge in [0, 0.05) is 63.7 Å². The number of benzene rings is 2. The van der Waals surface area contributed by atoms with Crippen LogP contribution >= 0.6 is 22.9 Å².